The number of carboxylic acids is 1. The third-order valence-electron chi connectivity index (χ3n) is 3.83. The number of nitrogens with zero attached hydrogens (tertiary/aromatic N) is 1. The largest absolute Gasteiger partial charge is 0.481 e. The summed E-state index contributed by atoms with van der Waals surface area (Å²) in [4.78, 5) is 35.2. The maximum atomic E-state index is 11.8. The minimum Gasteiger partial charge on any atom is -0.481 e. The van der Waals surface area contributed by atoms with Gasteiger partial charge in [0.05, 0.1) is 0 Å². The molecule has 130 valence electrons. The normalized spacial score (nSPS) is 15.0. The van der Waals surface area contributed by atoms with Crippen LogP contribution in [0.1, 0.15) is 64.2 Å². The minimum absolute atomic E-state index is 0.261. The summed E-state index contributed by atoms with van der Waals surface area (Å²) >= 11 is 6.23. The van der Waals surface area contributed by atoms with Crippen LogP contribution in [0.5, 0.6) is 0 Å². The average molecular weight is 453 g/mol. The van der Waals surface area contributed by atoms with Crippen molar-refractivity contribution in [2.24, 2.45) is 0 Å². The molecule has 23 heavy (non-hydrogen) atoms. The number of carboxylic acid groups (broad SMARTS) is 1. The Hall–Kier alpha value is -0.690. The lowest BCUT2D eigenvalue weighted by atomic mass is 10.1. The summed E-state index contributed by atoms with van der Waals surface area (Å²) in [6.45, 7) is 0.469. The van der Waals surface area contributed by atoms with Crippen LogP contribution in [-0.2, 0) is 14.4 Å². The topological polar surface area (TPSA) is 74.7 Å². The number of aliphatic carboxylic acids is 1. The molecule has 0 atom stereocenters. The molecule has 7 heteroatoms. The Morgan fingerprint density at radius 1 is 0.783 bits per heavy atom. The van der Waals surface area contributed by atoms with Gasteiger partial charge in [0.15, 0.2) is 0 Å². The highest BCUT2D eigenvalue weighted by Crippen LogP contribution is 2.29. The number of hydrogen-bond acceptors (Lipinski definition) is 3. The maximum absolute atomic E-state index is 11.8. The van der Waals surface area contributed by atoms with Gasteiger partial charge in [-0.15, -0.1) is 0 Å². The van der Waals surface area contributed by atoms with Crippen molar-refractivity contribution in [1.82, 2.24) is 4.90 Å². The molecule has 1 heterocycles. The quantitative estimate of drug-likeness (QED) is 0.353. The zero-order chi connectivity index (χ0) is 17.2. The predicted octanol–water partition coefficient (Wildman–Crippen LogP) is 4.34. The first-order valence-electron chi connectivity index (χ1n) is 8.08. The Morgan fingerprint density at radius 2 is 1.17 bits per heavy atom. The second kappa shape index (κ2) is 11.0. The smallest absolute Gasteiger partial charge is 0.303 e. The average Bonchev–Trinajstić information content (AvgIpc) is 2.69. The van der Waals surface area contributed by atoms with Gasteiger partial charge in [0.1, 0.15) is 8.96 Å². The molecule has 1 aliphatic heterocycles. The SMILES string of the molecule is O=C(O)CCCCCCCCCCCN1C(=O)C(Br)=C(Br)C1=O. The first-order chi connectivity index (χ1) is 10.9. The molecule has 0 aliphatic carbocycles. The summed E-state index contributed by atoms with van der Waals surface area (Å²) < 4.78 is 0.621. The van der Waals surface area contributed by atoms with Crippen LogP contribution in [0.15, 0.2) is 8.96 Å². The zero-order valence-corrected chi connectivity index (χ0v) is 16.3. The molecule has 0 aromatic heterocycles. The second-order valence-electron chi connectivity index (χ2n) is 5.72. The molecule has 1 aliphatic rings. The van der Waals surface area contributed by atoms with Crippen molar-refractivity contribution in [1.29, 1.82) is 0 Å². The molecular weight excluding hydrogens is 430 g/mol. The van der Waals surface area contributed by atoms with Crippen LogP contribution in [0.2, 0.25) is 0 Å². The van der Waals surface area contributed by atoms with E-state index in [1.807, 2.05) is 0 Å². The van der Waals surface area contributed by atoms with Crippen molar-refractivity contribution in [2.75, 3.05) is 6.54 Å². The fraction of sp³-hybridized carbons (Fsp3) is 0.688. The Morgan fingerprint density at radius 3 is 1.61 bits per heavy atom. The lowest BCUT2D eigenvalue weighted by Gasteiger charge is -2.13. The molecule has 0 saturated heterocycles. The highest BCUT2D eigenvalue weighted by molar-refractivity contribution is 9.14. The maximum Gasteiger partial charge on any atom is 0.303 e. The van der Waals surface area contributed by atoms with Crippen LogP contribution >= 0.6 is 31.9 Å². The summed E-state index contributed by atoms with van der Waals surface area (Å²) in [5.74, 6) is -1.24. The second-order valence-corrected chi connectivity index (χ2v) is 7.30. The number of rotatable bonds is 12. The van der Waals surface area contributed by atoms with E-state index in [1.165, 1.54) is 4.90 Å². The van der Waals surface area contributed by atoms with Crippen LogP contribution in [0.25, 0.3) is 0 Å². The van der Waals surface area contributed by atoms with E-state index in [1.54, 1.807) is 0 Å². The van der Waals surface area contributed by atoms with Gasteiger partial charge in [0.25, 0.3) is 11.8 Å². The highest BCUT2D eigenvalue weighted by atomic mass is 79.9. The number of halogens is 2. The molecule has 0 aromatic carbocycles. The van der Waals surface area contributed by atoms with E-state index in [4.69, 9.17) is 5.11 Å². The van der Waals surface area contributed by atoms with Gasteiger partial charge in [0, 0.05) is 13.0 Å². The van der Waals surface area contributed by atoms with Gasteiger partial charge in [-0.1, -0.05) is 44.9 Å². The Balaban J connectivity index is 1.96. The molecule has 0 unspecified atom stereocenters. The molecule has 0 aromatic rings. The van der Waals surface area contributed by atoms with Gasteiger partial charge in [0.2, 0.25) is 0 Å². The summed E-state index contributed by atoms with van der Waals surface area (Å²) in [7, 11) is 0. The predicted molar refractivity (Wildman–Crippen MR) is 95.4 cm³/mol. The van der Waals surface area contributed by atoms with Crippen LogP contribution in [0, 0.1) is 0 Å². The fourth-order valence-corrected chi connectivity index (χ4v) is 3.27. The van der Waals surface area contributed by atoms with Crippen molar-refractivity contribution in [2.45, 2.75) is 64.2 Å². The summed E-state index contributed by atoms with van der Waals surface area (Å²) in [6, 6.07) is 0. The van der Waals surface area contributed by atoms with Crippen molar-refractivity contribution < 1.29 is 19.5 Å². The number of carbonyl (C=O) groups excluding carboxylic acids is 2. The van der Waals surface area contributed by atoms with Crippen molar-refractivity contribution in [3.63, 3.8) is 0 Å². The van der Waals surface area contributed by atoms with E-state index in [0.29, 0.717) is 15.5 Å². The number of unbranched alkanes of at least 4 members (excludes halogenated alkanes) is 8. The van der Waals surface area contributed by atoms with Gasteiger partial charge in [-0.2, -0.15) is 0 Å². The van der Waals surface area contributed by atoms with E-state index in [-0.39, 0.29) is 18.2 Å². The van der Waals surface area contributed by atoms with E-state index < -0.39 is 5.97 Å². The van der Waals surface area contributed by atoms with Gasteiger partial charge in [-0.05, 0) is 44.7 Å². The number of carbonyl (C=O) groups is 3. The van der Waals surface area contributed by atoms with Crippen LogP contribution in [-0.4, -0.2) is 34.3 Å². The van der Waals surface area contributed by atoms with Gasteiger partial charge in [-0.3, -0.25) is 19.3 Å². The van der Waals surface area contributed by atoms with Gasteiger partial charge >= 0.3 is 5.97 Å². The van der Waals surface area contributed by atoms with E-state index >= 15 is 0 Å². The molecule has 5 nitrogen and oxygen atoms in total. The number of amides is 2. The first-order valence-corrected chi connectivity index (χ1v) is 9.67. The van der Waals surface area contributed by atoms with Crippen LogP contribution < -0.4 is 0 Å². The van der Waals surface area contributed by atoms with E-state index in [2.05, 4.69) is 31.9 Å². The van der Waals surface area contributed by atoms with Crippen molar-refractivity contribution >= 4 is 49.6 Å². The third-order valence-corrected chi connectivity index (χ3v) is 5.83. The minimum atomic E-state index is -0.714. The van der Waals surface area contributed by atoms with Crippen LogP contribution in [0.3, 0.4) is 0 Å². The van der Waals surface area contributed by atoms with Crippen molar-refractivity contribution in [3.05, 3.63) is 8.96 Å². The number of imide groups is 1. The molecule has 0 bridgehead atoms. The molecule has 2 amide bonds. The lowest BCUT2D eigenvalue weighted by molar-refractivity contribution is -0.138. The van der Waals surface area contributed by atoms with Gasteiger partial charge < -0.3 is 5.11 Å². The Bertz CT molecular complexity index is 453. The van der Waals surface area contributed by atoms with E-state index in [0.717, 1.165) is 57.8 Å². The summed E-state index contributed by atoms with van der Waals surface area (Å²) in [5.41, 5.74) is 0. The van der Waals surface area contributed by atoms with Gasteiger partial charge in [-0.25, -0.2) is 0 Å². The fourth-order valence-electron chi connectivity index (χ4n) is 2.50. The molecule has 1 rings (SSSR count). The Labute approximate surface area is 153 Å². The molecule has 0 spiro atoms. The Kier molecular flexibility index (Phi) is 9.71. The van der Waals surface area contributed by atoms with E-state index in [9.17, 15) is 14.4 Å². The summed E-state index contributed by atoms with van der Waals surface area (Å²) in [5, 5.41) is 8.52. The van der Waals surface area contributed by atoms with Crippen LogP contribution in [0.4, 0.5) is 0 Å². The molecular formula is C16H23Br2NO4. The first kappa shape index (κ1) is 20.4. The third kappa shape index (κ3) is 7.16. The summed E-state index contributed by atoms with van der Waals surface area (Å²) in [6.07, 6.45) is 9.51. The highest BCUT2D eigenvalue weighted by Gasteiger charge is 2.35. The molecule has 1 N–H and O–H groups in total. The standard InChI is InChI=1S/C16H23Br2NO4/c17-13-14(18)16(23)19(15(13)22)11-9-7-5-3-1-2-4-6-8-10-12(20)21/h1-11H2,(H,20,21). The van der Waals surface area contributed by atoms with Crippen molar-refractivity contribution in [3.8, 4) is 0 Å². The number of hydrogen-bond donors (Lipinski definition) is 1. The molecule has 0 fully saturated rings. The zero-order valence-electron chi connectivity index (χ0n) is 13.2. The molecule has 0 radical (unpaired) electrons. The molecule has 0 saturated carbocycles. The lowest BCUT2D eigenvalue weighted by Crippen LogP contribution is -2.32. The monoisotopic (exact) mass is 451 g/mol.